The molecule has 0 aromatic heterocycles. The van der Waals surface area contributed by atoms with Crippen LogP contribution in [0.1, 0.15) is 20.8 Å². The van der Waals surface area contributed by atoms with Crippen molar-refractivity contribution in [1.29, 1.82) is 0 Å². The molecule has 0 bridgehead atoms. The van der Waals surface area contributed by atoms with Crippen LogP contribution >= 0.6 is 0 Å². The van der Waals surface area contributed by atoms with E-state index in [0.29, 0.717) is 0 Å². The van der Waals surface area contributed by atoms with E-state index in [1.54, 1.807) is 6.92 Å². The van der Waals surface area contributed by atoms with Crippen LogP contribution in [-0.2, 0) is 10.0 Å². The number of nitrogen functional groups attached to an aromatic ring is 1. The number of hydrogen-bond acceptors (Lipinski definition) is 4. The van der Waals surface area contributed by atoms with Gasteiger partial charge in [-0.25, -0.2) is 12.8 Å². The van der Waals surface area contributed by atoms with Gasteiger partial charge in [-0.05, 0) is 32.0 Å². The number of rotatable bonds is 5. The highest BCUT2D eigenvalue weighted by Gasteiger charge is 2.28. The molecule has 0 unspecified atom stereocenters. The van der Waals surface area contributed by atoms with Crippen molar-refractivity contribution in [2.75, 3.05) is 18.8 Å². The number of hydrogen-bond donors (Lipinski definition) is 2. The molecule has 0 radical (unpaired) electrons. The van der Waals surface area contributed by atoms with Crippen molar-refractivity contribution < 1.29 is 17.9 Å². The molecule has 19 heavy (non-hydrogen) atoms. The van der Waals surface area contributed by atoms with E-state index < -0.39 is 21.4 Å². The van der Waals surface area contributed by atoms with Gasteiger partial charge in [0.1, 0.15) is 5.82 Å². The fraction of sp³-hybridized carbons (Fsp3) is 0.500. The van der Waals surface area contributed by atoms with E-state index in [-0.39, 0.29) is 23.7 Å². The summed E-state index contributed by atoms with van der Waals surface area (Å²) in [4.78, 5) is -0.176. The molecule has 0 amide bonds. The topological polar surface area (TPSA) is 83.6 Å². The molecule has 0 aliphatic carbocycles. The van der Waals surface area contributed by atoms with E-state index in [2.05, 4.69) is 0 Å². The summed E-state index contributed by atoms with van der Waals surface area (Å²) in [6, 6.07) is 3.35. The lowest BCUT2D eigenvalue weighted by Gasteiger charge is -2.27. The lowest BCUT2D eigenvalue weighted by molar-refractivity contribution is 0.0601. The van der Waals surface area contributed by atoms with E-state index in [1.807, 2.05) is 0 Å². The SMILES string of the molecule is CCN(CC(C)(C)O)S(=O)(=O)c1ccc(N)c(F)c1. The largest absolute Gasteiger partial charge is 0.396 e. The van der Waals surface area contributed by atoms with E-state index >= 15 is 0 Å². The quantitative estimate of drug-likeness (QED) is 0.798. The maximum absolute atomic E-state index is 13.4. The number of nitrogens with zero attached hydrogens (tertiary/aromatic N) is 1. The van der Waals surface area contributed by atoms with Gasteiger partial charge in [-0.15, -0.1) is 0 Å². The van der Waals surface area contributed by atoms with Gasteiger partial charge >= 0.3 is 0 Å². The fourth-order valence-corrected chi connectivity index (χ4v) is 3.23. The summed E-state index contributed by atoms with van der Waals surface area (Å²) in [5, 5.41) is 9.73. The first kappa shape index (κ1) is 15.9. The Kier molecular flexibility index (Phi) is 4.54. The molecule has 3 N–H and O–H groups in total. The molecule has 0 saturated heterocycles. The van der Waals surface area contributed by atoms with Gasteiger partial charge in [0, 0.05) is 13.1 Å². The summed E-state index contributed by atoms with van der Waals surface area (Å²) in [5.74, 6) is -0.777. The first-order valence-corrected chi connectivity index (χ1v) is 7.29. The minimum Gasteiger partial charge on any atom is -0.396 e. The molecular weight excluding hydrogens is 271 g/mol. The molecule has 1 aromatic rings. The van der Waals surface area contributed by atoms with Crippen molar-refractivity contribution in [3.05, 3.63) is 24.0 Å². The smallest absolute Gasteiger partial charge is 0.243 e. The number of nitrogens with two attached hydrogens (primary N) is 1. The number of sulfonamides is 1. The molecule has 108 valence electrons. The van der Waals surface area contributed by atoms with E-state index in [9.17, 15) is 17.9 Å². The highest BCUT2D eigenvalue weighted by molar-refractivity contribution is 7.89. The normalized spacial score (nSPS) is 12.9. The van der Waals surface area contributed by atoms with E-state index in [1.165, 1.54) is 26.0 Å². The molecule has 1 aromatic carbocycles. The molecular formula is C12H19FN2O3S. The summed E-state index contributed by atoms with van der Waals surface area (Å²) in [7, 11) is -3.85. The molecule has 0 aliphatic rings. The maximum Gasteiger partial charge on any atom is 0.243 e. The van der Waals surface area contributed by atoms with Crippen molar-refractivity contribution in [2.24, 2.45) is 0 Å². The Morgan fingerprint density at radius 1 is 1.42 bits per heavy atom. The van der Waals surface area contributed by atoms with Gasteiger partial charge in [-0.3, -0.25) is 0 Å². The van der Waals surface area contributed by atoms with Crippen LogP contribution in [-0.4, -0.2) is 36.5 Å². The van der Waals surface area contributed by atoms with Gasteiger partial charge in [0.15, 0.2) is 0 Å². The van der Waals surface area contributed by atoms with Gasteiger partial charge in [0.2, 0.25) is 10.0 Å². The Morgan fingerprint density at radius 3 is 2.42 bits per heavy atom. The summed E-state index contributed by atoms with van der Waals surface area (Å²) < 4.78 is 39.1. The fourth-order valence-electron chi connectivity index (χ4n) is 1.62. The molecule has 0 spiro atoms. The second-order valence-corrected chi connectivity index (χ2v) is 6.86. The second-order valence-electron chi connectivity index (χ2n) is 4.93. The molecule has 0 atom stereocenters. The van der Waals surface area contributed by atoms with E-state index in [0.717, 1.165) is 10.4 Å². The Labute approximate surface area is 112 Å². The van der Waals surface area contributed by atoms with Gasteiger partial charge in [-0.2, -0.15) is 4.31 Å². The van der Waals surface area contributed by atoms with Gasteiger partial charge in [-0.1, -0.05) is 6.92 Å². The third kappa shape index (κ3) is 3.89. The van der Waals surface area contributed by atoms with Crippen LogP contribution < -0.4 is 5.73 Å². The lowest BCUT2D eigenvalue weighted by atomic mass is 10.1. The standard InChI is InChI=1S/C12H19FN2O3S/c1-4-15(8-12(2,3)16)19(17,18)9-5-6-11(14)10(13)7-9/h5-7,16H,4,8,14H2,1-3H3. The zero-order valence-corrected chi connectivity index (χ0v) is 12.0. The highest BCUT2D eigenvalue weighted by atomic mass is 32.2. The van der Waals surface area contributed by atoms with Gasteiger partial charge in [0.05, 0.1) is 16.2 Å². The van der Waals surface area contributed by atoms with Crippen LogP contribution in [0.3, 0.4) is 0 Å². The molecule has 0 aliphatic heterocycles. The van der Waals surface area contributed by atoms with Crippen molar-refractivity contribution in [2.45, 2.75) is 31.3 Å². The number of anilines is 1. The zero-order chi connectivity index (χ0) is 14.8. The Hall–Kier alpha value is -1.18. The van der Waals surface area contributed by atoms with Crippen LogP contribution in [0.25, 0.3) is 0 Å². The average molecular weight is 290 g/mol. The second kappa shape index (κ2) is 5.44. The van der Waals surface area contributed by atoms with Crippen molar-refractivity contribution in [3.8, 4) is 0 Å². The predicted octanol–water partition coefficient (Wildman–Crippen LogP) is 1.19. The number of aliphatic hydroxyl groups is 1. The molecule has 1 rings (SSSR count). The van der Waals surface area contributed by atoms with E-state index in [4.69, 9.17) is 5.73 Å². The Bertz CT molecular complexity index is 553. The molecule has 5 nitrogen and oxygen atoms in total. The monoisotopic (exact) mass is 290 g/mol. The molecule has 0 fully saturated rings. The van der Waals surface area contributed by atoms with Crippen LogP contribution in [0.15, 0.2) is 23.1 Å². The third-order valence-corrected chi connectivity index (χ3v) is 4.44. The summed E-state index contributed by atoms with van der Waals surface area (Å²) in [6.45, 7) is 4.77. The number of benzene rings is 1. The number of halogens is 1. The summed E-state index contributed by atoms with van der Waals surface area (Å²) in [5.41, 5.74) is 4.04. The van der Waals surface area contributed by atoms with Crippen LogP contribution in [0.5, 0.6) is 0 Å². The van der Waals surface area contributed by atoms with Crippen molar-refractivity contribution in [1.82, 2.24) is 4.31 Å². The van der Waals surface area contributed by atoms with Gasteiger partial charge in [0.25, 0.3) is 0 Å². The molecule has 0 heterocycles. The molecule has 0 saturated carbocycles. The van der Waals surface area contributed by atoms with Crippen LogP contribution in [0, 0.1) is 5.82 Å². The van der Waals surface area contributed by atoms with Crippen LogP contribution in [0.2, 0.25) is 0 Å². The minimum absolute atomic E-state index is 0.0716. The summed E-state index contributed by atoms with van der Waals surface area (Å²) >= 11 is 0. The lowest BCUT2D eigenvalue weighted by Crippen LogP contribution is -2.42. The Morgan fingerprint density at radius 2 is 2.00 bits per heavy atom. The zero-order valence-electron chi connectivity index (χ0n) is 11.2. The summed E-state index contributed by atoms with van der Waals surface area (Å²) in [6.07, 6.45) is 0. The predicted molar refractivity (Wildman–Crippen MR) is 71.5 cm³/mol. The maximum atomic E-state index is 13.4. The van der Waals surface area contributed by atoms with Gasteiger partial charge < -0.3 is 10.8 Å². The molecule has 7 heteroatoms. The third-order valence-electron chi connectivity index (χ3n) is 2.53. The van der Waals surface area contributed by atoms with Crippen molar-refractivity contribution in [3.63, 3.8) is 0 Å². The Balaban J connectivity index is 3.17. The average Bonchev–Trinajstić information content (AvgIpc) is 2.28. The van der Waals surface area contributed by atoms with Crippen molar-refractivity contribution >= 4 is 15.7 Å². The first-order valence-electron chi connectivity index (χ1n) is 5.85. The first-order chi connectivity index (χ1) is 8.58. The van der Waals surface area contributed by atoms with Crippen LogP contribution in [0.4, 0.5) is 10.1 Å². The highest BCUT2D eigenvalue weighted by Crippen LogP contribution is 2.21. The number of likely N-dealkylation sites (N-methyl/N-ethyl adjacent to an activating group) is 1. The minimum atomic E-state index is -3.85.